The first-order chi connectivity index (χ1) is 10.8. The van der Waals surface area contributed by atoms with E-state index >= 15 is 0 Å². The summed E-state index contributed by atoms with van der Waals surface area (Å²) in [7, 11) is 0. The van der Waals surface area contributed by atoms with Crippen molar-refractivity contribution in [2.45, 2.75) is 39.2 Å². The van der Waals surface area contributed by atoms with Gasteiger partial charge in [-0.2, -0.15) is 0 Å². The first-order valence-corrected chi connectivity index (χ1v) is 8.67. The van der Waals surface area contributed by atoms with Crippen LogP contribution >= 0.6 is 0 Å². The predicted molar refractivity (Wildman–Crippen MR) is 94.0 cm³/mol. The Bertz CT molecular complexity index is 550. The van der Waals surface area contributed by atoms with Gasteiger partial charge in [-0.1, -0.05) is 61.5 Å². The number of aryl methyl sites for hydroxylation is 1. The summed E-state index contributed by atoms with van der Waals surface area (Å²) in [5, 5.41) is 0. The van der Waals surface area contributed by atoms with E-state index in [0.29, 0.717) is 0 Å². The molecule has 0 atom stereocenters. The SMILES string of the molecule is CCc1ccc(CN2CCC(Cc3ccccc3)CC2)cc1. The lowest BCUT2D eigenvalue weighted by Crippen LogP contribution is -2.33. The van der Waals surface area contributed by atoms with Crippen LogP contribution in [-0.4, -0.2) is 18.0 Å². The van der Waals surface area contributed by atoms with Gasteiger partial charge in [-0.3, -0.25) is 4.90 Å². The molecule has 2 aromatic rings. The average molecular weight is 293 g/mol. The Kier molecular flexibility index (Phi) is 5.29. The summed E-state index contributed by atoms with van der Waals surface area (Å²) < 4.78 is 0. The number of piperidine rings is 1. The van der Waals surface area contributed by atoms with Gasteiger partial charge >= 0.3 is 0 Å². The fourth-order valence-corrected chi connectivity index (χ4v) is 3.43. The van der Waals surface area contributed by atoms with Crippen LogP contribution in [0.5, 0.6) is 0 Å². The zero-order valence-corrected chi connectivity index (χ0v) is 13.7. The van der Waals surface area contributed by atoms with E-state index in [9.17, 15) is 0 Å². The Balaban J connectivity index is 1.47. The van der Waals surface area contributed by atoms with Crippen molar-refractivity contribution in [2.75, 3.05) is 13.1 Å². The first kappa shape index (κ1) is 15.3. The maximum atomic E-state index is 2.61. The van der Waals surface area contributed by atoms with Gasteiger partial charge < -0.3 is 0 Å². The van der Waals surface area contributed by atoms with Crippen molar-refractivity contribution in [2.24, 2.45) is 5.92 Å². The highest BCUT2D eigenvalue weighted by atomic mass is 15.1. The Morgan fingerprint density at radius 3 is 2.09 bits per heavy atom. The first-order valence-electron chi connectivity index (χ1n) is 8.67. The lowest BCUT2D eigenvalue weighted by atomic mass is 9.90. The monoisotopic (exact) mass is 293 g/mol. The van der Waals surface area contributed by atoms with Crippen LogP contribution in [-0.2, 0) is 19.4 Å². The number of benzene rings is 2. The van der Waals surface area contributed by atoms with Crippen molar-refractivity contribution < 1.29 is 0 Å². The van der Waals surface area contributed by atoms with Crippen molar-refractivity contribution in [1.29, 1.82) is 0 Å². The zero-order valence-electron chi connectivity index (χ0n) is 13.7. The molecule has 22 heavy (non-hydrogen) atoms. The van der Waals surface area contributed by atoms with Crippen molar-refractivity contribution in [3.63, 3.8) is 0 Å². The Morgan fingerprint density at radius 2 is 1.45 bits per heavy atom. The molecule has 1 heterocycles. The van der Waals surface area contributed by atoms with Crippen LogP contribution in [0.25, 0.3) is 0 Å². The Hall–Kier alpha value is -1.60. The van der Waals surface area contributed by atoms with Crippen LogP contribution < -0.4 is 0 Å². The quantitative estimate of drug-likeness (QED) is 0.772. The van der Waals surface area contributed by atoms with E-state index in [1.807, 2.05) is 0 Å². The van der Waals surface area contributed by atoms with Crippen molar-refractivity contribution in [3.8, 4) is 0 Å². The minimum atomic E-state index is 0.862. The zero-order chi connectivity index (χ0) is 15.2. The Morgan fingerprint density at radius 1 is 0.818 bits per heavy atom. The second-order valence-electron chi connectivity index (χ2n) is 6.58. The molecule has 1 fully saturated rings. The average Bonchev–Trinajstić information content (AvgIpc) is 2.58. The Labute approximate surface area is 135 Å². The molecule has 1 aliphatic rings. The largest absolute Gasteiger partial charge is 0.299 e. The molecule has 1 nitrogen and oxygen atoms in total. The summed E-state index contributed by atoms with van der Waals surface area (Å²) in [6.45, 7) is 5.81. The van der Waals surface area contributed by atoms with Crippen LogP contribution in [0.3, 0.4) is 0 Å². The highest BCUT2D eigenvalue weighted by Crippen LogP contribution is 2.22. The third-order valence-corrected chi connectivity index (χ3v) is 4.91. The van der Waals surface area contributed by atoms with Gasteiger partial charge in [0.1, 0.15) is 0 Å². The summed E-state index contributed by atoms with van der Waals surface area (Å²) in [6, 6.07) is 20.1. The van der Waals surface area contributed by atoms with E-state index in [2.05, 4.69) is 66.4 Å². The van der Waals surface area contributed by atoms with E-state index in [0.717, 1.165) is 18.9 Å². The maximum Gasteiger partial charge on any atom is 0.0233 e. The molecular formula is C21H27N. The number of rotatable bonds is 5. The van der Waals surface area contributed by atoms with Gasteiger partial charge in [0, 0.05) is 6.54 Å². The van der Waals surface area contributed by atoms with Crippen molar-refractivity contribution >= 4 is 0 Å². The minimum absolute atomic E-state index is 0.862. The van der Waals surface area contributed by atoms with E-state index in [1.165, 1.54) is 49.0 Å². The third-order valence-electron chi connectivity index (χ3n) is 4.91. The molecule has 1 saturated heterocycles. The molecule has 0 aliphatic carbocycles. The fraction of sp³-hybridized carbons (Fsp3) is 0.429. The molecule has 116 valence electrons. The van der Waals surface area contributed by atoms with Gasteiger partial charge in [0.15, 0.2) is 0 Å². The van der Waals surface area contributed by atoms with Crippen LogP contribution in [0.2, 0.25) is 0 Å². The van der Waals surface area contributed by atoms with Gasteiger partial charge in [0.2, 0.25) is 0 Å². The predicted octanol–water partition coefficient (Wildman–Crippen LogP) is 4.70. The fourth-order valence-electron chi connectivity index (χ4n) is 3.43. The van der Waals surface area contributed by atoms with Gasteiger partial charge in [-0.25, -0.2) is 0 Å². The summed E-state index contributed by atoms with van der Waals surface area (Å²) in [5.41, 5.74) is 4.39. The van der Waals surface area contributed by atoms with Gasteiger partial charge in [-0.05, 0) is 61.4 Å². The molecular weight excluding hydrogens is 266 g/mol. The molecule has 0 aromatic heterocycles. The molecule has 0 radical (unpaired) electrons. The minimum Gasteiger partial charge on any atom is -0.299 e. The van der Waals surface area contributed by atoms with Crippen LogP contribution in [0.15, 0.2) is 54.6 Å². The lowest BCUT2D eigenvalue weighted by Gasteiger charge is -2.32. The molecule has 0 saturated carbocycles. The normalized spacial score (nSPS) is 16.8. The standard InChI is InChI=1S/C21H27N/c1-2-18-8-10-21(11-9-18)17-22-14-12-20(13-15-22)16-19-6-4-3-5-7-19/h3-11,20H,2,12-17H2,1H3. The van der Waals surface area contributed by atoms with Crippen molar-refractivity contribution in [3.05, 3.63) is 71.3 Å². The molecule has 0 N–H and O–H groups in total. The smallest absolute Gasteiger partial charge is 0.0233 e. The molecule has 0 amide bonds. The second-order valence-corrected chi connectivity index (χ2v) is 6.58. The van der Waals surface area contributed by atoms with Crippen molar-refractivity contribution in [1.82, 2.24) is 4.90 Å². The van der Waals surface area contributed by atoms with E-state index in [-0.39, 0.29) is 0 Å². The van der Waals surface area contributed by atoms with E-state index < -0.39 is 0 Å². The summed E-state index contributed by atoms with van der Waals surface area (Å²) in [6.07, 6.45) is 5.05. The number of hydrogen-bond acceptors (Lipinski definition) is 1. The van der Waals surface area contributed by atoms with Gasteiger partial charge in [0.25, 0.3) is 0 Å². The van der Waals surface area contributed by atoms with Gasteiger partial charge in [0.05, 0.1) is 0 Å². The van der Waals surface area contributed by atoms with E-state index in [4.69, 9.17) is 0 Å². The highest BCUT2D eigenvalue weighted by Gasteiger charge is 2.19. The molecule has 1 aliphatic heterocycles. The molecule has 0 bridgehead atoms. The summed E-state index contributed by atoms with van der Waals surface area (Å²) in [5.74, 6) is 0.862. The molecule has 0 unspecified atom stereocenters. The van der Waals surface area contributed by atoms with Gasteiger partial charge in [-0.15, -0.1) is 0 Å². The molecule has 3 rings (SSSR count). The second kappa shape index (κ2) is 7.60. The van der Waals surface area contributed by atoms with Crippen LogP contribution in [0.1, 0.15) is 36.5 Å². The van der Waals surface area contributed by atoms with Crippen LogP contribution in [0.4, 0.5) is 0 Å². The number of hydrogen-bond donors (Lipinski definition) is 0. The molecule has 1 heteroatoms. The highest BCUT2D eigenvalue weighted by molar-refractivity contribution is 5.22. The summed E-state index contributed by atoms with van der Waals surface area (Å²) in [4.78, 5) is 2.61. The van der Waals surface area contributed by atoms with Crippen LogP contribution in [0, 0.1) is 5.92 Å². The third kappa shape index (κ3) is 4.20. The van der Waals surface area contributed by atoms with E-state index in [1.54, 1.807) is 0 Å². The maximum absolute atomic E-state index is 2.61. The molecule has 0 spiro atoms. The number of likely N-dealkylation sites (tertiary alicyclic amines) is 1. The number of nitrogens with zero attached hydrogens (tertiary/aromatic N) is 1. The lowest BCUT2D eigenvalue weighted by molar-refractivity contribution is 0.177. The topological polar surface area (TPSA) is 3.24 Å². The molecule has 2 aromatic carbocycles. The summed E-state index contributed by atoms with van der Waals surface area (Å²) >= 11 is 0.